The number of likely N-dealkylation sites (N-methyl/N-ethyl adjacent to an activating group) is 1. The summed E-state index contributed by atoms with van der Waals surface area (Å²) in [5.41, 5.74) is 0. The van der Waals surface area contributed by atoms with E-state index in [9.17, 15) is 4.79 Å². The van der Waals surface area contributed by atoms with Gasteiger partial charge in [0.1, 0.15) is 0 Å². The summed E-state index contributed by atoms with van der Waals surface area (Å²) < 4.78 is 0. The van der Waals surface area contributed by atoms with Crippen LogP contribution >= 0.6 is 0 Å². The van der Waals surface area contributed by atoms with Gasteiger partial charge in [-0.25, -0.2) is 0 Å². The average molecular weight is 169 g/mol. The lowest BCUT2D eigenvalue weighted by Gasteiger charge is -2.29. The van der Waals surface area contributed by atoms with E-state index in [-0.39, 0.29) is 5.91 Å². The number of carbonyl (C=O) groups is 1. The molecule has 1 saturated heterocycles. The van der Waals surface area contributed by atoms with Gasteiger partial charge in [0.05, 0.1) is 33.2 Å². The molecule has 0 atom stereocenters. The van der Waals surface area contributed by atoms with E-state index in [2.05, 4.69) is 7.05 Å². The molecule has 0 aromatic heterocycles. The molecule has 1 aliphatic rings. The molecule has 1 amide bonds. The van der Waals surface area contributed by atoms with Crippen molar-refractivity contribution in [1.29, 1.82) is 0 Å². The van der Waals surface area contributed by atoms with Crippen molar-refractivity contribution in [3.63, 3.8) is 0 Å². The quantitative estimate of drug-likeness (QED) is 0.496. The van der Waals surface area contributed by atoms with Gasteiger partial charge >= 0.3 is 0 Å². The first-order valence-corrected chi connectivity index (χ1v) is 4.47. The summed E-state index contributed by atoms with van der Waals surface area (Å²) in [5, 5.41) is 0. The van der Waals surface area contributed by atoms with Gasteiger partial charge in [-0.15, -0.1) is 0 Å². The highest BCUT2D eigenvalue weighted by atomic mass is 16.2. The number of nitrogens with zero attached hydrogens (tertiary/aromatic N) is 1. The molecule has 0 aromatic carbocycles. The molecule has 1 heterocycles. The second kappa shape index (κ2) is 4.26. The van der Waals surface area contributed by atoms with Crippen LogP contribution in [0.5, 0.6) is 0 Å². The molecular weight excluding hydrogens is 152 g/mol. The average Bonchev–Trinajstić information content (AvgIpc) is 2.06. The van der Waals surface area contributed by atoms with Crippen LogP contribution < -0.4 is 4.90 Å². The summed E-state index contributed by atoms with van der Waals surface area (Å²) in [6, 6.07) is 0. The molecule has 3 heteroatoms. The molecule has 0 aromatic rings. The van der Waals surface area contributed by atoms with Crippen LogP contribution in [0.3, 0.4) is 0 Å². The Hall–Kier alpha value is -0.830. The van der Waals surface area contributed by atoms with E-state index in [1.165, 1.54) is 4.90 Å². The predicted molar refractivity (Wildman–Crippen MR) is 48.0 cm³/mol. The van der Waals surface area contributed by atoms with Gasteiger partial charge in [0.2, 0.25) is 5.91 Å². The first kappa shape index (κ1) is 9.26. The lowest BCUT2D eigenvalue weighted by molar-refractivity contribution is -0.883. The maximum absolute atomic E-state index is 11.3. The Kier molecular flexibility index (Phi) is 3.29. The highest BCUT2D eigenvalue weighted by Crippen LogP contribution is 1.91. The summed E-state index contributed by atoms with van der Waals surface area (Å²) in [4.78, 5) is 14.8. The second-order valence-electron chi connectivity index (χ2n) is 3.28. The van der Waals surface area contributed by atoms with E-state index in [0.29, 0.717) is 0 Å². The van der Waals surface area contributed by atoms with Crippen molar-refractivity contribution in [3.8, 4) is 0 Å². The van der Waals surface area contributed by atoms with E-state index in [4.69, 9.17) is 0 Å². The minimum Gasteiger partial charge on any atom is -0.334 e. The van der Waals surface area contributed by atoms with E-state index < -0.39 is 0 Å². The minimum absolute atomic E-state index is 0.157. The Bertz CT molecular complexity index is 181. The zero-order valence-electron chi connectivity index (χ0n) is 7.84. The molecule has 0 saturated carbocycles. The van der Waals surface area contributed by atoms with Crippen molar-refractivity contribution < 1.29 is 9.69 Å². The number of hydrogen-bond donors (Lipinski definition) is 1. The molecule has 0 bridgehead atoms. The van der Waals surface area contributed by atoms with Crippen LogP contribution in [0, 0.1) is 0 Å². The fourth-order valence-electron chi connectivity index (χ4n) is 1.36. The van der Waals surface area contributed by atoms with Gasteiger partial charge in [0.25, 0.3) is 0 Å². The fourth-order valence-corrected chi connectivity index (χ4v) is 1.36. The topological polar surface area (TPSA) is 24.8 Å². The van der Waals surface area contributed by atoms with Gasteiger partial charge < -0.3 is 9.80 Å². The van der Waals surface area contributed by atoms with Crippen LogP contribution in [0.2, 0.25) is 0 Å². The van der Waals surface area contributed by atoms with Crippen LogP contribution in [0.4, 0.5) is 0 Å². The largest absolute Gasteiger partial charge is 0.334 e. The predicted octanol–water partition coefficient (Wildman–Crippen LogP) is -1.08. The molecule has 1 N–H and O–H groups in total. The summed E-state index contributed by atoms with van der Waals surface area (Å²) in [6.45, 7) is 5.82. The molecule has 1 fully saturated rings. The summed E-state index contributed by atoms with van der Waals surface area (Å²) in [5.74, 6) is 0.157. The summed E-state index contributed by atoms with van der Waals surface area (Å²) in [6.07, 6.45) is 3.44. The van der Waals surface area contributed by atoms with E-state index >= 15 is 0 Å². The Morgan fingerprint density at radius 2 is 2.00 bits per heavy atom. The molecule has 1 aliphatic heterocycles. The Morgan fingerprint density at radius 1 is 1.42 bits per heavy atom. The minimum atomic E-state index is 0.157. The van der Waals surface area contributed by atoms with Gasteiger partial charge in [-0.2, -0.15) is 0 Å². The fraction of sp³-hybridized carbons (Fsp3) is 0.667. The number of allylic oxidation sites excluding steroid dienone is 1. The van der Waals surface area contributed by atoms with Crippen molar-refractivity contribution in [3.05, 3.63) is 12.2 Å². The molecule has 3 nitrogen and oxygen atoms in total. The van der Waals surface area contributed by atoms with Gasteiger partial charge in [-0.3, -0.25) is 4.79 Å². The normalized spacial score (nSPS) is 20.3. The first-order valence-electron chi connectivity index (χ1n) is 4.47. The van der Waals surface area contributed by atoms with Crippen LogP contribution in [-0.2, 0) is 4.79 Å². The highest BCUT2D eigenvalue weighted by molar-refractivity contribution is 5.87. The van der Waals surface area contributed by atoms with E-state index in [1.807, 2.05) is 11.8 Å². The molecule has 0 unspecified atom stereocenters. The SMILES string of the molecule is C/C=C/C(=O)N1CC[NH+](C)CC1. The van der Waals surface area contributed by atoms with Crippen LogP contribution in [0.15, 0.2) is 12.2 Å². The number of quaternary nitrogens is 1. The summed E-state index contributed by atoms with van der Waals surface area (Å²) in [7, 11) is 2.16. The van der Waals surface area contributed by atoms with Crippen molar-refractivity contribution in [2.24, 2.45) is 0 Å². The number of piperazine rings is 1. The zero-order chi connectivity index (χ0) is 8.97. The third kappa shape index (κ3) is 2.34. The van der Waals surface area contributed by atoms with Gasteiger partial charge in [-0.05, 0) is 13.0 Å². The summed E-state index contributed by atoms with van der Waals surface area (Å²) >= 11 is 0. The number of rotatable bonds is 1. The Morgan fingerprint density at radius 3 is 2.50 bits per heavy atom. The second-order valence-corrected chi connectivity index (χ2v) is 3.28. The first-order chi connectivity index (χ1) is 5.74. The number of nitrogens with one attached hydrogen (secondary N) is 1. The molecule has 1 rings (SSSR count). The third-order valence-electron chi connectivity index (χ3n) is 2.24. The smallest absolute Gasteiger partial charge is 0.246 e. The van der Waals surface area contributed by atoms with E-state index in [1.54, 1.807) is 12.2 Å². The lowest BCUT2D eigenvalue weighted by atomic mass is 10.3. The highest BCUT2D eigenvalue weighted by Gasteiger charge is 2.18. The lowest BCUT2D eigenvalue weighted by Crippen LogP contribution is -3.12. The molecule has 68 valence electrons. The standard InChI is InChI=1S/C9H16N2O/c1-3-4-9(12)11-7-5-10(2)6-8-11/h3-4H,5-8H2,1-2H3/p+1/b4-3+. The zero-order valence-corrected chi connectivity index (χ0v) is 7.84. The van der Waals surface area contributed by atoms with Crippen LogP contribution in [-0.4, -0.2) is 44.0 Å². The van der Waals surface area contributed by atoms with Crippen molar-refractivity contribution in [2.75, 3.05) is 33.2 Å². The molecule has 0 radical (unpaired) electrons. The maximum atomic E-state index is 11.3. The van der Waals surface area contributed by atoms with Crippen LogP contribution in [0.25, 0.3) is 0 Å². The molecule has 0 spiro atoms. The maximum Gasteiger partial charge on any atom is 0.246 e. The van der Waals surface area contributed by atoms with Crippen molar-refractivity contribution in [1.82, 2.24) is 4.90 Å². The van der Waals surface area contributed by atoms with Crippen molar-refractivity contribution >= 4 is 5.91 Å². The van der Waals surface area contributed by atoms with E-state index in [0.717, 1.165) is 26.2 Å². The number of hydrogen-bond acceptors (Lipinski definition) is 1. The van der Waals surface area contributed by atoms with Crippen molar-refractivity contribution in [2.45, 2.75) is 6.92 Å². The Labute approximate surface area is 73.6 Å². The molecule has 0 aliphatic carbocycles. The number of amides is 1. The van der Waals surface area contributed by atoms with Crippen LogP contribution in [0.1, 0.15) is 6.92 Å². The van der Waals surface area contributed by atoms with Gasteiger partial charge in [0, 0.05) is 0 Å². The third-order valence-corrected chi connectivity index (χ3v) is 2.24. The Balaban J connectivity index is 2.39. The van der Waals surface area contributed by atoms with Gasteiger partial charge in [0.15, 0.2) is 0 Å². The van der Waals surface area contributed by atoms with Gasteiger partial charge in [-0.1, -0.05) is 6.08 Å². The number of carbonyl (C=O) groups excluding carboxylic acids is 1. The monoisotopic (exact) mass is 169 g/mol. The molecule has 12 heavy (non-hydrogen) atoms. The molecular formula is C9H17N2O+.